The number of fused-ring (bicyclic) bond motifs is 1. The van der Waals surface area contributed by atoms with Crippen LogP contribution in [0.2, 0.25) is 0 Å². The fraction of sp³-hybridized carbons (Fsp3) is 0.462. The van der Waals surface area contributed by atoms with Gasteiger partial charge < -0.3 is 14.6 Å². The Morgan fingerprint density at radius 3 is 2.47 bits per heavy atom. The molecule has 0 fully saturated rings. The molecule has 0 atom stereocenters. The van der Waals surface area contributed by atoms with Crippen molar-refractivity contribution in [2.24, 2.45) is 0 Å². The van der Waals surface area contributed by atoms with Gasteiger partial charge >= 0.3 is 5.76 Å². The first-order valence-electron chi connectivity index (χ1n) is 6.28. The molecule has 104 valence electrons. The molecule has 1 aromatic carbocycles. The minimum absolute atomic E-state index is 0.0288. The Bertz CT molecular complexity index is 569. The van der Waals surface area contributed by atoms with Crippen LogP contribution in [-0.2, 0) is 6.54 Å². The standard InChI is InChI=1S/C13H18N2O4/c16-9-7-14(8-10-17)5-6-15-11-3-1-2-4-12(11)19-13(15)18/h1-4,16-17H,5-10H2. The lowest BCUT2D eigenvalue weighted by Gasteiger charge is -2.19. The Morgan fingerprint density at radius 1 is 1.11 bits per heavy atom. The summed E-state index contributed by atoms with van der Waals surface area (Å²) in [5.41, 5.74) is 1.34. The molecule has 2 aromatic rings. The van der Waals surface area contributed by atoms with Gasteiger partial charge in [-0.25, -0.2) is 4.79 Å². The summed E-state index contributed by atoms with van der Waals surface area (Å²) in [6, 6.07) is 7.27. The smallest absolute Gasteiger partial charge is 0.408 e. The predicted molar refractivity (Wildman–Crippen MR) is 71.1 cm³/mol. The monoisotopic (exact) mass is 266 g/mol. The van der Waals surface area contributed by atoms with Gasteiger partial charge in [0.25, 0.3) is 0 Å². The van der Waals surface area contributed by atoms with Gasteiger partial charge in [0.05, 0.1) is 18.7 Å². The minimum Gasteiger partial charge on any atom is -0.408 e. The molecule has 2 rings (SSSR count). The van der Waals surface area contributed by atoms with Crippen molar-refractivity contribution >= 4 is 11.1 Å². The Labute approximate surface area is 110 Å². The molecule has 19 heavy (non-hydrogen) atoms. The van der Waals surface area contributed by atoms with Crippen LogP contribution in [0.15, 0.2) is 33.5 Å². The van der Waals surface area contributed by atoms with Crippen molar-refractivity contribution in [1.29, 1.82) is 0 Å². The lowest BCUT2D eigenvalue weighted by atomic mass is 10.3. The number of para-hydroxylation sites is 2. The van der Waals surface area contributed by atoms with Crippen LogP contribution in [0, 0.1) is 0 Å². The summed E-state index contributed by atoms with van der Waals surface area (Å²) in [5.74, 6) is -0.380. The third-order valence-electron chi connectivity index (χ3n) is 3.05. The molecule has 6 nitrogen and oxygen atoms in total. The topological polar surface area (TPSA) is 78.8 Å². The summed E-state index contributed by atoms with van der Waals surface area (Å²) in [4.78, 5) is 13.6. The van der Waals surface area contributed by atoms with Crippen LogP contribution in [-0.4, -0.2) is 52.5 Å². The molecule has 0 bridgehead atoms. The Balaban J connectivity index is 2.12. The lowest BCUT2D eigenvalue weighted by Crippen LogP contribution is -2.34. The average molecular weight is 266 g/mol. The van der Waals surface area contributed by atoms with E-state index in [1.165, 1.54) is 0 Å². The van der Waals surface area contributed by atoms with Crippen LogP contribution in [0.4, 0.5) is 0 Å². The predicted octanol–water partition coefficient (Wildman–Crippen LogP) is -0.119. The maximum absolute atomic E-state index is 11.7. The second-order valence-electron chi connectivity index (χ2n) is 4.28. The summed E-state index contributed by atoms with van der Waals surface area (Å²) in [7, 11) is 0. The largest absolute Gasteiger partial charge is 0.419 e. The number of aliphatic hydroxyl groups excluding tert-OH is 2. The zero-order valence-corrected chi connectivity index (χ0v) is 10.7. The van der Waals surface area contributed by atoms with E-state index in [1.54, 1.807) is 10.6 Å². The maximum atomic E-state index is 11.7. The number of rotatable bonds is 7. The van der Waals surface area contributed by atoms with E-state index in [0.717, 1.165) is 5.52 Å². The van der Waals surface area contributed by atoms with Crippen molar-refractivity contribution in [2.45, 2.75) is 6.54 Å². The van der Waals surface area contributed by atoms with Gasteiger partial charge in [-0.05, 0) is 12.1 Å². The van der Waals surface area contributed by atoms with E-state index in [0.29, 0.717) is 31.8 Å². The minimum atomic E-state index is -0.380. The fourth-order valence-corrected chi connectivity index (χ4v) is 2.09. The molecule has 0 spiro atoms. The molecule has 2 N–H and O–H groups in total. The number of nitrogens with zero attached hydrogens (tertiary/aromatic N) is 2. The van der Waals surface area contributed by atoms with Crippen LogP contribution in [0.5, 0.6) is 0 Å². The average Bonchev–Trinajstić information content (AvgIpc) is 2.72. The highest BCUT2D eigenvalue weighted by molar-refractivity contribution is 5.72. The second-order valence-corrected chi connectivity index (χ2v) is 4.28. The molecule has 0 amide bonds. The zero-order chi connectivity index (χ0) is 13.7. The molecule has 0 unspecified atom stereocenters. The van der Waals surface area contributed by atoms with E-state index < -0.39 is 0 Å². The zero-order valence-electron chi connectivity index (χ0n) is 10.7. The molecular weight excluding hydrogens is 248 g/mol. The summed E-state index contributed by atoms with van der Waals surface area (Å²) in [5, 5.41) is 17.9. The van der Waals surface area contributed by atoms with E-state index in [4.69, 9.17) is 14.6 Å². The van der Waals surface area contributed by atoms with E-state index in [-0.39, 0.29) is 19.0 Å². The number of hydrogen-bond donors (Lipinski definition) is 2. The molecule has 0 aliphatic heterocycles. The molecule has 0 saturated carbocycles. The van der Waals surface area contributed by atoms with E-state index in [1.807, 2.05) is 23.1 Å². The molecule has 1 heterocycles. The third kappa shape index (κ3) is 3.23. The molecule has 1 aromatic heterocycles. The first-order chi connectivity index (χ1) is 9.26. The van der Waals surface area contributed by atoms with Gasteiger partial charge in [-0.2, -0.15) is 0 Å². The van der Waals surface area contributed by atoms with Crippen molar-refractivity contribution in [3.8, 4) is 0 Å². The summed E-state index contributed by atoms with van der Waals surface area (Å²) in [6.45, 7) is 2.05. The lowest BCUT2D eigenvalue weighted by molar-refractivity contribution is 0.157. The quantitative estimate of drug-likeness (QED) is 0.730. The Morgan fingerprint density at radius 2 is 1.79 bits per heavy atom. The summed E-state index contributed by atoms with van der Waals surface area (Å²) in [6.07, 6.45) is 0. The van der Waals surface area contributed by atoms with Crippen LogP contribution >= 0.6 is 0 Å². The van der Waals surface area contributed by atoms with Crippen molar-refractivity contribution in [3.63, 3.8) is 0 Å². The molecular formula is C13H18N2O4. The van der Waals surface area contributed by atoms with Gasteiger partial charge in [0.15, 0.2) is 5.58 Å². The second kappa shape index (κ2) is 6.51. The Kier molecular flexibility index (Phi) is 4.73. The van der Waals surface area contributed by atoms with Gasteiger partial charge in [0.1, 0.15) is 0 Å². The number of aromatic nitrogens is 1. The summed E-state index contributed by atoms with van der Waals surface area (Å²) < 4.78 is 6.71. The van der Waals surface area contributed by atoms with E-state index in [2.05, 4.69) is 0 Å². The first-order valence-corrected chi connectivity index (χ1v) is 6.28. The van der Waals surface area contributed by atoms with E-state index in [9.17, 15) is 4.79 Å². The van der Waals surface area contributed by atoms with Crippen molar-refractivity contribution in [2.75, 3.05) is 32.8 Å². The molecule has 0 radical (unpaired) electrons. The van der Waals surface area contributed by atoms with Crippen LogP contribution in [0.3, 0.4) is 0 Å². The molecule has 0 saturated heterocycles. The van der Waals surface area contributed by atoms with E-state index >= 15 is 0 Å². The number of oxazole rings is 1. The highest BCUT2D eigenvalue weighted by Gasteiger charge is 2.10. The third-order valence-corrected chi connectivity index (χ3v) is 3.05. The normalized spacial score (nSPS) is 11.5. The van der Waals surface area contributed by atoms with Crippen molar-refractivity contribution in [1.82, 2.24) is 9.47 Å². The summed E-state index contributed by atoms with van der Waals surface area (Å²) >= 11 is 0. The highest BCUT2D eigenvalue weighted by Crippen LogP contribution is 2.11. The molecule has 6 heteroatoms. The van der Waals surface area contributed by atoms with Crippen LogP contribution in [0.25, 0.3) is 11.1 Å². The fourth-order valence-electron chi connectivity index (χ4n) is 2.09. The number of benzene rings is 1. The van der Waals surface area contributed by atoms with Gasteiger partial charge in [-0.1, -0.05) is 12.1 Å². The Hall–Kier alpha value is -1.63. The molecule has 0 aliphatic rings. The van der Waals surface area contributed by atoms with Gasteiger partial charge in [0.2, 0.25) is 0 Å². The van der Waals surface area contributed by atoms with Gasteiger partial charge in [0, 0.05) is 26.2 Å². The first kappa shape index (κ1) is 13.8. The van der Waals surface area contributed by atoms with Crippen LogP contribution < -0.4 is 5.76 Å². The SMILES string of the molecule is O=c1oc2ccccc2n1CCN(CCO)CCO. The van der Waals surface area contributed by atoms with Crippen molar-refractivity contribution in [3.05, 3.63) is 34.8 Å². The van der Waals surface area contributed by atoms with Crippen LogP contribution in [0.1, 0.15) is 0 Å². The molecule has 0 aliphatic carbocycles. The van der Waals surface area contributed by atoms with Gasteiger partial charge in [-0.3, -0.25) is 9.47 Å². The highest BCUT2D eigenvalue weighted by atomic mass is 16.4. The van der Waals surface area contributed by atoms with Gasteiger partial charge in [-0.15, -0.1) is 0 Å². The van der Waals surface area contributed by atoms with Crippen molar-refractivity contribution < 1.29 is 14.6 Å². The maximum Gasteiger partial charge on any atom is 0.419 e. The number of hydrogen-bond acceptors (Lipinski definition) is 5. The number of aliphatic hydroxyl groups is 2.